The number of hydrogen-bond donors (Lipinski definition) is 0. The van der Waals surface area contributed by atoms with Gasteiger partial charge in [-0.25, -0.2) is 4.98 Å². The van der Waals surface area contributed by atoms with Gasteiger partial charge < -0.3 is 0 Å². The molecule has 2 rings (SSSR count). The van der Waals surface area contributed by atoms with Gasteiger partial charge in [0.05, 0.1) is 11.3 Å². The second-order valence-corrected chi connectivity index (χ2v) is 3.97. The summed E-state index contributed by atoms with van der Waals surface area (Å²) in [5, 5.41) is 0. The first-order valence-corrected chi connectivity index (χ1v) is 5.92. The van der Waals surface area contributed by atoms with Crippen LogP contribution in [0.1, 0.15) is 5.69 Å². The molecule has 2 aromatic rings. The van der Waals surface area contributed by atoms with E-state index in [2.05, 4.69) is 9.97 Å². The first kappa shape index (κ1) is 13.6. The van der Waals surface area contributed by atoms with Crippen molar-refractivity contribution in [1.29, 1.82) is 0 Å². The maximum atomic E-state index is 12.2. The molecule has 0 fully saturated rings. The Bertz CT molecular complexity index is 624. The van der Waals surface area contributed by atoms with E-state index in [1.807, 2.05) is 0 Å². The van der Waals surface area contributed by atoms with Crippen molar-refractivity contribution >= 4 is 24.1 Å². The van der Waals surface area contributed by atoms with Crippen LogP contribution in [-0.2, 0) is 9.59 Å². The zero-order chi connectivity index (χ0) is 14.4. The van der Waals surface area contributed by atoms with E-state index < -0.39 is 5.91 Å². The maximum Gasteiger partial charge on any atom is 0.263 e. The van der Waals surface area contributed by atoms with Crippen LogP contribution in [0, 0.1) is 0 Å². The molecule has 0 saturated carbocycles. The number of aromatic nitrogens is 2. The van der Waals surface area contributed by atoms with Crippen molar-refractivity contribution in [1.82, 2.24) is 9.97 Å². The van der Waals surface area contributed by atoms with Gasteiger partial charge in [0.15, 0.2) is 0 Å². The molecular formula is C15H12N3O2. The van der Waals surface area contributed by atoms with Crippen molar-refractivity contribution in [3.8, 4) is 0 Å². The van der Waals surface area contributed by atoms with E-state index in [1.165, 1.54) is 11.0 Å². The number of rotatable bonds is 4. The van der Waals surface area contributed by atoms with E-state index >= 15 is 0 Å². The minimum absolute atomic E-state index is 0.100. The average molecular weight is 266 g/mol. The van der Waals surface area contributed by atoms with Crippen LogP contribution in [0.5, 0.6) is 0 Å². The summed E-state index contributed by atoms with van der Waals surface area (Å²) in [4.78, 5) is 32.6. The van der Waals surface area contributed by atoms with Crippen molar-refractivity contribution in [2.45, 2.75) is 0 Å². The van der Waals surface area contributed by atoms with Gasteiger partial charge in [-0.05, 0) is 30.3 Å². The molecule has 0 bridgehead atoms. The number of likely N-dealkylation sites (N-methyl/N-ethyl adjacent to an activating group) is 1. The topological polar surface area (TPSA) is 63.2 Å². The van der Waals surface area contributed by atoms with Gasteiger partial charge in [0, 0.05) is 19.4 Å². The predicted octanol–water partition coefficient (Wildman–Crippen LogP) is 1.63. The Labute approximate surface area is 116 Å². The largest absolute Gasteiger partial charge is 0.296 e. The Kier molecular flexibility index (Phi) is 4.34. The highest BCUT2D eigenvalue weighted by molar-refractivity contribution is 6.20. The summed E-state index contributed by atoms with van der Waals surface area (Å²) in [6, 6.07) is 10.4. The van der Waals surface area contributed by atoms with Crippen LogP contribution < -0.4 is 4.90 Å². The van der Waals surface area contributed by atoms with Crippen molar-refractivity contribution in [2.24, 2.45) is 0 Å². The Morgan fingerprint density at radius 1 is 1.15 bits per heavy atom. The van der Waals surface area contributed by atoms with Crippen LogP contribution in [-0.4, -0.2) is 29.2 Å². The average Bonchev–Trinajstić information content (AvgIpc) is 2.53. The molecule has 0 atom stereocenters. The van der Waals surface area contributed by atoms with E-state index in [4.69, 9.17) is 0 Å². The summed E-state index contributed by atoms with van der Waals surface area (Å²) in [7, 11) is 1.55. The quantitative estimate of drug-likeness (QED) is 0.479. The third-order valence-corrected chi connectivity index (χ3v) is 2.62. The second kappa shape index (κ2) is 6.38. The van der Waals surface area contributed by atoms with Gasteiger partial charge in [0.1, 0.15) is 5.82 Å². The van der Waals surface area contributed by atoms with E-state index in [9.17, 15) is 9.59 Å². The smallest absolute Gasteiger partial charge is 0.263 e. The van der Waals surface area contributed by atoms with Crippen LogP contribution in [0.3, 0.4) is 0 Å². The molecule has 0 aliphatic carbocycles. The van der Waals surface area contributed by atoms with Gasteiger partial charge in [-0.1, -0.05) is 12.1 Å². The minimum atomic E-state index is -0.482. The number of hydrogen-bond acceptors (Lipinski definition) is 4. The standard InChI is InChI=1S/C15H12N3O2/c1-18(14-7-3-5-9-17-14)15(20)12(11-19)10-13-6-2-4-8-16-13/h2-10H,1H3. The highest BCUT2D eigenvalue weighted by Crippen LogP contribution is 2.11. The van der Waals surface area contributed by atoms with Gasteiger partial charge in [-0.2, -0.15) is 0 Å². The molecule has 0 aliphatic rings. The second-order valence-electron chi connectivity index (χ2n) is 3.97. The summed E-state index contributed by atoms with van der Waals surface area (Å²) in [6.45, 7) is 0. The van der Waals surface area contributed by atoms with Gasteiger partial charge in [0.2, 0.25) is 6.29 Å². The Morgan fingerprint density at radius 3 is 2.40 bits per heavy atom. The molecule has 1 radical (unpaired) electrons. The molecule has 0 N–H and O–H groups in total. The first-order valence-electron chi connectivity index (χ1n) is 5.92. The van der Waals surface area contributed by atoms with Crippen LogP contribution in [0.25, 0.3) is 6.08 Å². The molecule has 0 aromatic carbocycles. The third-order valence-electron chi connectivity index (χ3n) is 2.62. The predicted molar refractivity (Wildman–Crippen MR) is 75.6 cm³/mol. The highest BCUT2D eigenvalue weighted by atomic mass is 16.2. The first-order chi connectivity index (χ1) is 9.72. The minimum Gasteiger partial charge on any atom is -0.296 e. The van der Waals surface area contributed by atoms with Crippen molar-refractivity contribution in [3.05, 3.63) is 60.1 Å². The van der Waals surface area contributed by atoms with E-state index in [0.29, 0.717) is 11.5 Å². The summed E-state index contributed by atoms with van der Waals surface area (Å²) in [6.07, 6.45) is 6.21. The fourth-order valence-corrected chi connectivity index (χ4v) is 1.58. The molecule has 2 heterocycles. The number of anilines is 1. The molecule has 0 aliphatic heterocycles. The lowest BCUT2D eigenvalue weighted by Crippen LogP contribution is -2.28. The SMILES string of the molecule is CN(C(=O)C([C]=O)=Cc1ccccn1)c1ccccn1. The molecule has 0 unspecified atom stereocenters. The van der Waals surface area contributed by atoms with E-state index in [1.54, 1.807) is 62.1 Å². The van der Waals surface area contributed by atoms with Crippen molar-refractivity contribution < 1.29 is 9.59 Å². The Morgan fingerprint density at radius 2 is 1.85 bits per heavy atom. The lowest BCUT2D eigenvalue weighted by molar-refractivity contribution is -0.114. The van der Waals surface area contributed by atoms with Crippen LogP contribution >= 0.6 is 0 Å². The lowest BCUT2D eigenvalue weighted by atomic mass is 10.2. The number of carbonyl (C=O) groups excluding carboxylic acids is 2. The Balaban J connectivity index is 2.26. The van der Waals surface area contributed by atoms with Gasteiger partial charge in [0.25, 0.3) is 5.91 Å². The number of nitrogens with zero attached hydrogens (tertiary/aromatic N) is 3. The van der Waals surface area contributed by atoms with Crippen molar-refractivity contribution in [2.75, 3.05) is 11.9 Å². The summed E-state index contributed by atoms with van der Waals surface area (Å²) in [5.74, 6) is -0.0241. The summed E-state index contributed by atoms with van der Waals surface area (Å²) >= 11 is 0. The monoisotopic (exact) mass is 266 g/mol. The molecular weight excluding hydrogens is 254 g/mol. The Hall–Kier alpha value is -2.82. The van der Waals surface area contributed by atoms with Gasteiger partial charge >= 0.3 is 0 Å². The zero-order valence-corrected chi connectivity index (χ0v) is 10.9. The van der Waals surface area contributed by atoms with E-state index in [-0.39, 0.29) is 5.57 Å². The molecule has 2 aromatic heterocycles. The molecule has 0 saturated heterocycles. The molecule has 0 spiro atoms. The highest BCUT2D eigenvalue weighted by Gasteiger charge is 2.17. The fourth-order valence-electron chi connectivity index (χ4n) is 1.58. The third kappa shape index (κ3) is 3.14. The molecule has 20 heavy (non-hydrogen) atoms. The summed E-state index contributed by atoms with van der Waals surface area (Å²) in [5.41, 5.74) is 0.422. The molecule has 5 nitrogen and oxygen atoms in total. The number of amides is 1. The number of pyridine rings is 2. The van der Waals surface area contributed by atoms with Crippen LogP contribution in [0.4, 0.5) is 5.82 Å². The van der Waals surface area contributed by atoms with Crippen LogP contribution in [0.2, 0.25) is 0 Å². The van der Waals surface area contributed by atoms with Crippen LogP contribution in [0.15, 0.2) is 54.4 Å². The normalized spacial score (nSPS) is 10.9. The molecule has 5 heteroatoms. The van der Waals surface area contributed by atoms with Gasteiger partial charge in [-0.15, -0.1) is 0 Å². The zero-order valence-electron chi connectivity index (χ0n) is 10.9. The van der Waals surface area contributed by atoms with Gasteiger partial charge in [-0.3, -0.25) is 19.5 Å². The number of carbonyl (C=O) groups is 1. The summed E-state index contributed by atoms with van der Waals surface area (Å²) < 4.78 is 0. The van der Waals surface area contributed by atoms with Crippen molar-refractivity contribution in [3.63, 3.8) is 0 Å². The molecule has 1 amide bonds. The fraction of sp³-hybridized carbons (Fsp3) is 0.0667. The lowest BCUT2D eigenvalue weighted by Gasteiger charge is -2.15. The maximum absolute atomic E-state index is 12.2. The molecule has 99 valence electrons. The van der Waals surface area contributed by atoms with E-state index in [0.717, 1.165) is 0 Å².